The van der Waals surface area contributed by atoms with Gasteiger partial charge in [-0.15, -0.1) is 0 Å². The van der Waals surface area contributed by atoms with Gasteiger partial charge >= 0.3 is 5.97 Å². The van der Waals surface area contributed by atoms with Gasteiger partial charge in [-0.1, -0.05) is 45.2 Å². The summed E-state index contributed by atoms with van der Waals surface area (Å²) in [4.78, 5) is 11.5. The second-order valence-electron chi connectivity index (χ2n) is 10.3. The Kier molecular flexibility index (Phi) is 5.65. The highest BCUT2D eigenvalue weighted by Gasteiger charge is 2.32. The van der Waals surface area contributed by atoms with Crippen LogP contribution in [0.2, 0.25) is 0 Å². The van der Waals surface area contributed by atoms with E-state index in [4.69, 9.17) is 0 Å². The highest BCUT2D eigenvalue weighted by Crippen LogP contribution is 2.44. The molecule has 0 unspecified atom stereocenters. The fourth-order valence-corrected chi connectivity index (χ4v) is 5.66. The first-order valence-electron chi connectivity index (χ1n) is 12.1. The van der Waals surface area contributed by atoms with E-state index < -0.39 is 5.97 Å². The van der Waals surface area contributed by atoms with Crippen LogP contribution >= 0.6 is 0 Å². The van der Waals surface area contributed by atoms with Crippen molar-refractivity contribution in [2.45, 2.75) is 64.3 Å². The van der Waals surface area contributed by atoms with Crippen LogP contribution in [0.4, 0.5) is 0 Å². The Hall–Kier alpha value is -3.59. The minimum absolute atomic E-state index is 0.267. The van der Waals surface area contributed by atoms with Crippen LogP contribution in [0, 0.1) is 17.2 Å². The van der Waals surface area contributed by atoms with E-state index in [-0.39, 0.29) is 11.0 Å². The molecule has 4 aromatic rings. The molecular formula is C28H30N4O2. The van der Waals surface area contributed by atoms with Gasteiger partial charge in [0.1, 0.15) is 0 Å². The van der Waals surface area contributed by atoms with Gasteiger partial charge in [0.25, 0.3) is 0 Å². The number of fused-ring (bicyclic) bond motifs is 2. The SMILES string of the molecule is CC(C)(CC#N)c1c(-c2ccc(C(=O)O)cc2)c2cc3[nH]ncc3cc2n1CC1CCCCC1. The molecule has 2 N–H and O–H groups in total. The zero-order chi connectivity index (χ0) is 23.9. The summed E-state index contributed by atoms with van der Waals surface area (Å²) in [7, 11) is 0. The summed E-state index contributed by atoms with van der Waals surface area (Å²) in [5.74, 6) is -0.321. The molecule has 6 nitrogen and oxygen atoms in total. The van der Waals surface area contributed by atoms with E-state index in [1.54, 1.807) is 12.1 Å². The number of carbonyl (C=O) groups is 1. The quantitative estimate of drug-likeness (QED) is 0.341. The smallest absolute Gasteiger partial charge is 0.335 e. The van der Waals surface area contributed by atoms with E-state index in [1.807, 2.05) is 18.3 Å². The lowest BCUT2D eigenvalue weighted by Crippen LogP contribution is -2.25. The first-order valence-corrected chi connectivity index (χ1v) is 12.1. The second-order valence-corrected chi connectivity index (χ2v) is 10.3. The standard InChI is InChI=1S/C28H30N4O2/c1-28(2,12-13-29)26-25(19-8-10-20(11-9-19)27(33)34)22-15-23-21(16-30-31-23)14-24(22)32(26)17-18-6-4-3-5-7-18/h8-11,14-16,18H,3-7,12,17H2,1-2H3,(H,30,31)(H,33,34). The van der Waals surface area contributed by atoms with Crippen LogP contribution < -0.4 is 0 Å². The molecule has 2 aromatic heterocycles. The van der Waals surface area contributed by atoms with Crippen molar-refractivity contribution in [1.29, 1.82) is 5.26 Å². The summed E-state index contributed by atoms with van der Waals surface area (Å²) in [6, 6.07) is 13.9. The number of nitrogens with one attached hydrogen (secondary N) is 1. The van der Waals surface area contributed by atoms with Crippen molar-refractivity contribution in [3.8, 4) is 17.2 Å². The minimum Gasteiger partial charge on any atom is -0.478 e. The molecule has 1 aliphatic carbocycles. The van der Waals surface area contributed by atoms with Crippen molar-refractivity contribution in [2.24, 2.45) is 5.92 Å². The normalized spacial score (nSPS) is 15.1. The molecule has 0 atom stereocenters. The molecule has 0 amide bonds. The number of aromatic carboxylic acids is 1. The van der Waals surface area contributed by atoms with Crippen LogP contribution in [0.1, 0.15) is 68.4 Å². The van der Waals surface area contributed by atoms with E-state index in [0.717, 1.165) is 45.2 Å². The number of H-pyrrole nitrogens is 1. The first-order chi connectivity index (χ1) is 16.4. The molecule has 0 aliphatic heterocycles. The topological polar surface area (TPSA) is 94.7 Å². The van der Waals surface area contributed by atoms with E-state index in [0.29, 0.717) is 12.3 Å². The third kappa shape index (κ3) is 3.86. The number of nitrogens with zero attached hydrogens (tertiary/aromatic N) is 3. The van der Waals surface area contributed by atoms with Gasteiger partial charge in [-0.2, -0.15) is 10.4 Å². The van der Waals surface area contributed by atoms with Gasteiger partial charge in [0.2, 0.25) is 0 Å². The Morgan fingerprint density at radius 2 is 1.94 bits per heavy atom. The molecular weight excluding hydrogens is 424 g/mol. The molecule has 1 fully saturated rings. The molecule has 6 heteroatoms. The van der Waals surface area contributed by atoms with Gasteiger partial charge in [0.05, 0.1) is 23.3 Å². The zero-order valence-electron chi connectivity index (χ0n) is 19.8. The summed E-state index contributed by atoms with van der Waals surface area (Å²) in [6.45, 7) is 5.21. The van der Waals surface area contributed by atoms with Crippen molar-refractivity contribution >= 4 is 27.8 Å². The molecule has 174 valence electrons. The third-order valence-corrected chi connectivity index (χ3v) is 7.37. The fraction of sp³-hybridized carbons (Fsp3) is 0.393. The van der Waals surface area contributed by atoms with Crippen LogP contribution in [0.3, 0.4) is 0 Å². The predicted octanol–water partition coefficient (Wildman–Crippen LogP) is 6.65. The van der Waals surface area contributed by atoms with Gasteiger partial charge < -0.3 is 9.67 Å². The first kappa shape index (κ1) is 22.2. The molecule has 2 heterocycles. The van der Waals surface area contributed by atoms with Crippen LogP contribution in [0.25, 0.3) is 32.9 Å². The molecule has 0 saturated heterocycles. The number of hydrogen-bond donors (Lipinski definition) is 2. The fourth-order valence-electron chi connectivity index (χ4n) is 5.66. The van der Waals surface area contributed by atoms with Crippen molar-refractivity contribution in [3.63, 3.8) is 0 Å². The maximum Gasteiger partial charge on any atom is 0.335 e. The molecule has 1 saturated carbocycles. The largest absolute Gasteiger partial charge is 0.478 e. The van der Waals surface area contributed by atoms with E-state index >= 15 is 0 Å². The number of carboxylic acids is 1. The predicted molar refractivity (Wildman–Crippen MR) is 134 cm³/mol. The van der Waals surface area contributed by atoms with Gasteiger partial charge in [0.15, 0.2) is 0 Å². The summed E-state index contributed by atoms with van der Waals surface area (Å²) >= 11 is 0. The Morgan fingerprint density at radius 1 is 1.21 bits per heavy atom. The number of aromatic nitrogens is 3. The van der Waals surface area contributed by atoms with Crippen molar-refractivity contribution in [3.05, 3.63) is 53.9 Å². The summed E-state index contributed by atoms with van der Waals surface area (Å²) in [6.07, 6.45) is 8.57. The number of benzene rings is 2. The molecule has 5 rings (SSSR count). The van der Waals surface area contributed by atoms with Gasteiger partial charge in [0, 0.05) is 45.9 Å². The maximum atomic E-state index is 11.5. The Balaban J connectivity index is 1.81. The third-order valence-electron chi connectivity index (χ3n) is 7.37. The zero-order valence-corrected chi connectivity index (χ0v) is 19.8. The van der Waals surface area contributed by atoms with Gasteiger partial charge in [-0.05, 0) is 48.6 Å². The highest BCUT2D eigenvalue weighted by molar-refractivity contribution is 6.05. The van der Waals surface area contributed by atoms with E-state index in [2.05, 4.69) is 46.8 Å². The highest BCUT2D eigenvalue weighted by atomic mass is 16.4. The van der Waals surface area contributed by atoms with Crippen LogP contribution in [-0.4, -0.2) is 25.8 Å². The molecule has 0 radical (unpaired) electrons. The van der Waals surface area contributed by atoms with Gasteiger partial charge in [-0.25, -0.2) is 4.79 Å². The van der Waals surface area contributed by atoms with E-state index in [9.17, 15) is 15.2 Å². The monoisotopic (exact) mass is 454 g/mol. The molecule has 0 bridgehead atoms. The number of carboxylic acid groups (broad SMARTS) is 1. The second kappa shape index (κ2) is 8.64. The molecule has 34 heavy (non-hydrogen) atoms. The van der Waals surface area contributed by atoms with Crippen LogP contribution in [0.15, 0.2) is 42.6 Å². The molecule has 1 aliphatic rings. The van der Waals surface area contributed by atoms with Gasteiger partial charge in [-0.3, -0.25) is 5.10 Å². The summed E-state index contributed by atoms with van der Waals surface area (Å²) in [5.41, 5.74) is 5.21. The lowest BCUT2D eigenvalue weighted by Gasteiger charge is -2.29. The maximum absolute atomic E-state index is 11.5. The molecule has 0 spiro atoms. The van der Waals surface area contributed by atoms with Crippen molar-refractivity contribution < 1.29 is 9.90 Å². The summed E-state index contributed by atoms with van der Waals surface area (Å²) < 4.78 is 2.45. The number of hydrogen-bond acceptors (Lipinski definition) is 3. The Morgan fingerprint density at radius 3 is 2.62 bits per heavy atom. The number of aromatic amines is 1. The summed E-state index contributed by atoms with van der Waals surface area (Å²) in [5, 5.41) is 28.6. The van der Waals surface area contributed by atoms with Crippen LogP contribution in [-0.2, 0) is 12.0 Å². The lowest BCUT2D eigenvalue weighted by atomic mass is 9.81. The number of nitriles is 1. The van der Waals surface area contributed by atoms with Crippen molar-refractivity contribution in [2.75, 3.05) is 0 Å². The minimum atomic E-state index is -0.935. The van der Waals surface area contributed by atoms with E-state index in [1.165, 1.54) is 32.1 Å². The Labute approximate surface area is 199 Å². The molecule has 2 aromatic carbocycles. The van der Waals surface area contributed by atoms with Crippen LogP contribution in [0.5, 0.6) is 0 Å². The lowest BCUT2D eigenvalue weighted by molar-refractivity contribution is 0.0697. The average Bonchev–Trinajstić information content (AvgIpc) is 3.41. The Bertz CT molecular complexity index is 1400. The number of rotatable bonds is 6. The average molecular weight is 455 g/mol. The van der Waals surface area contributed by atoms with Crippen molar-refractivity contribution in [1.82, 2.24) is 14.8 Å².